The number of nitrogens with zero attached hydrogens (tertiary/aromatic N) is 1. The summed E-state index contributed by atoms with van der Waals surface area (Å²) in [6, 6.07) is 10.6. The number of hydrogen-bond acceptors (Lipinski definition) is 4. The van der Waals surface area contributed by atoms with E-state index in [1.165, 1.54) is 18.2 Å². The van der Waals surface area contributed by atoms with E-state index in [4.69, 9.17) is 0 Å². The molecule has 1 amide bonds. The van der Waals surface area contributed by atoms with E-state index in [2.05, 4.69) is 16.2 Å². The molecule has 1 atom stereocenters. The van der Waals surface area contributed by atoms with Crippen molar-refractivity contribution in [1.29, 1.82) is 0 Å². The molecule has 2 aliphatic rings. The Morgan fingerprint density at radius 3 is 2.62 bits per heavy atom. The molecule has 136 valence electrons. The summed E-state index contributed by atoms with van der Waals surface area (Å²) in [6.45, 7) is 1.86. The number of carbonyl (C=O) groups excluding carboxylic acids is 1. The average molecular weight is 358 g/mol. The van der Waals surface area contributed by atoms with E-state index >= 15 is 0 Å². The fraction of sp³-hybridized carbons (Fsp3) is 0.316. The Hall–Kier alpha value is -2.51. The minimum atomic E-state index is -0.442. The number of nitrogens with one attached hydrogen (secondary N) is 3. The first-order valence-electron chi connectivity index (χ1n) is 8.70. The van der Waals surface area contributed by atoms with Gasteiger partial charge in [-0.3, -0.25) is 15.6 Å². The largest absolute Gasteiger partial charge is 0.374 e. The lowest BCUT2D eigenvalue weighted by Crippen LogP contribution is -2.33. The summed E-state index contributed by atoms with van der Waals surface area (Å²) < 4.78 is 27.8. The van der Waals surface area contributed by atoms with Gasteiger partial charge in [0.05, 0.1) is 0 Å². The van der Waals surface area contributed by atoms with Gasteiger partial charge in [0.25, 0.3) is 0 Å². The number of amides is 1. The smallest absolute Gasteiger partial charge is 0.249 e. The van der Waals surface area contributed by atoms with Crippen LogP contribution in [-0.2, 0) is 4.79 Å². The van der Waals surface area contributed by atoms with Crippen molar-refractivity contribution in [2.24, 2.45) is 0 Å². The van der Waals surface area contributed by atoms with Crippen molar-refractivity contribution in [3.8, 4) is 0 Å². The van der Waals surface area contributed by atoms with E-state index in [1.54, 1.807) is 29.2 Å². The second-order valence-corrected chi connectivity index (χ2v) is 6.65. The fourth-order valence-corrected chi connectivity index (χ4v) is 3.55. The van der Waals surface area contributed by atoms with Gasteiger partial charge in [-0.25, -0.2) is 8.78 Å². The summed E-state index contributed by atoms with van der Waals surface area (Å²) in [6.07, 6.45) is 0.579. The normalized spacial score (nSPS) is 20.8. The average Bonchev–Trinajstić information content (AvgIpc) is 3.26. The molecule has 2 saturated heterocycles. The summed E-state index contributed by atoms with van der Waals surface area (Å²) >= 11 is 0. The highest BCUT2D eigenvalue weighted by molar-refractivity contribution is 6.01. The molecule has 0 radical (unpaired) electrons. The first kappa shape index (κ1) is 16.9. The second-order valence-electron chi connectivity index (χ2n) is 6.65. The summed E-state index contributed by atoms with van der Waals surface area (Å²) in [5.41, 5.74) is 7.75. The van der Waals surface area contributed by atoms with Crippen LogP contribution in [0.5, 0.6) is 0 Å². The first-order chi connectivity index (χ1) is 12.6. The molecule has 2 fully saturated rings. The summed E-state index contributed by atoms with van der Waals surface area (Å²) in [5, 5.41) is 3.06. The molecule has 5 nitrogen and oxygen atoms in total. The Morgan fingerprint density at radius 1 is 1.08 bits per heavy atom. The highest BCUT2D eigenvalue weighted by atomic mass is 19.1. The zero-order chi connectivity index (χ0) is 18.1. The maximum Gasteiger partial charge on any atom is 0.249 e. The van der Waals surface area contributed by atoms with Gasteiger partial charge in [0.2, 0.25) is 5.91 Å². The van der Waals surface area contributed by atoms with Gasteiger partial charge in [-0.2, -0.15) is 0 Å². The molecule has 2 heterocycles. The quantitative estimate of drug-likeness (QED) is 0.786. The van der Waals surface area contributed by atoms with Crippen LogP contribution in [0.3, 0.4) is 0 Å². The monoisotopic (exact) mass is 358 g/mol. The van der Waals surface area contributed by atoms with Crippen molar-refractivity contribution < 1.29 is 13.6 Å². The van der Waals surface area contributed by atoms with Crippen molar-refractivity contribution in [2.75, 3.05) is 29.9 Å². The highest BCUT2D eigenvalue weighted by Crippen LogP contribution is 2.28. The van der Waals surface area contributed by atoms with Crippen LogP contribution in [0.4, 0.5) is 20.2 Å². The van der Waals surface area contributed by atoms with E-state index in [0.717, 1.165) is 0 Å². The molecule has 0 saturated carbocycles. The molecule has 2 aromatic carbocycles. The molecule has 2 aliphatic heterocycles. The van der Waals surface area contributed by atoms with Crippen LogP contribution < -0.4 is 21.1 Å². The third-order valence-electron chi connectivity index (χ3n) is 4.93. The lowest BCUT2D eigenvalue weighted by atomic mass is 9.99. The molecular weight excluding hydrogens is 338 g/mol. The molecule has 0 aliphatic carbocycles. The van der Waals surface area contributed by atoms with E-state index in [9.17, 15) is 13.6 Å². The molecule has 1 unspecified atom stereocenters. The van der Waals surface area contributed by atoms with Crippen LogP contribution in [0, 0.1) is 11.6 Å². The molecule has 0 spiro atoms. The zero-order valence-corrected chi connectivity index (χ0v) is 14.1. The summed E-state index contributed by atoms with van der Waals surface area (Å²) in [7, 11) is 0. The number of hydrogen-bond donors (Lipinski definition) is 3. The van der Waals surface area contributed by atoms with Gasteiger partial charge in [-0.05, 0) is 42.3 Å². The number of halogens is 2. The van der Waals surface area contributed by atoms with Crippen LogP contribution in [0.15, 0.2) is 42.5 Å². The Labute approximate surface area is 150 Å². The number of anilines is 2. The molecule has 3 N–H and O–H groups in total. The van der Waals surface area contributed by atoms with Crippen LogP contribution in [0.25, 0.3) is 0 Å². The van der Waals surface area contributed by atoms with Gasteiger partial charge in [0, 0.05) is 36.9 Å². The predicted molar refractivity (Wildman–Crippen MR) is 95.9 cm³/mol. The van der Waals surface area contributed by atoms with Crippen LogP contribution >= 0.6 is 0 Å². The lowest BCUT2D eigenvalue weighted by Gasteiger charge is -2.19. The number of rotatable bonds is 4. The Kier molecular flexibility index (Phi) is 4.57. The van der Waals surface area contributed by atoms with Gasteiger partial charge in [0.1, 0.15) is 17.7 Å². The fourth-order valence-electron chi connectivity index (χ4n) is 3.55. The highest BCUT2D eigenvalue weighted by Gasteiger charge is 2.33. The van der Waals surface area contributed by atoms with Crippen molar-refractivity contribution in [2.45, 2.75) is 18.4 Å². The molecule has 0 aromatic heterocycles. The molecule has 4 rings (SSSR count). The van der Waals surface area contributed by atoms with Gasteiger partial charge in [-0.1, -0.05) is 12.1 Å². The SMILES string of the molecule is O=C1C(Nc2cccc(F)c2)CCN1c1ccc(C2CNNC2)c(F)c1. The van der Waals surface area contributed by atoms with Crippen LogP contribution in [-0.4, -0.2) is 31.6 Å². The molecule has 0 bridgehead atoms. The van der Waals surface area contributed by atoms with Gasteiger partial charge in [0.15, 0.2) is 0 Å². The van der Waals surface area contributed by atoms with Crippen molar-refractivity contribution in [1.82, 2.24) is 10.9 Å². The topological polar surface area (TPSA) is 56.4 Å². The second kappa shape index (κ2) is 7.01. The number of hydrazine groups is 1. The van der Waals surface area contributed by atoms with Crippen LogP contribution in [0.2, 0.25) is 0 Å². The first-order valence-corrected chi connectivity index (χ1v) is 8.70. The number of carbonyl (C=O) groups is 1. The Bertz CT molecular complexity index is 823. The lowest BCUT2D eigenvalue weighted by molar-refractivity contribution is -0.117. The van der Waals surface area contributed by atoms with Crippen molar-refractivity contribution in [3.63, 3.8) is 0 Å². The van der Waals surface area contributed by atoms with E-state index < -0.39 is 6.04 Å². The Balaban J connectivity index is 1.48. The van der Waals surface area contributed by atoms with Gasteiger partial charge < -0.3 is 10.2 Å². The molecule has 26 heavy (non-hydrogen) atoms. The van der Waals surface area contributed by atoms with Crippen molar-refractivity contribution >= 4 is 17.3 Å². The maximum absolute atomic E-state index is 14.5. The Morgan fingerprint density at radius 2 is 1.88 bits per heavy atom. The van der Waals surface area contributed by atoms with E-state index in [1.807, 2.05) is 0 Å². The molecular formula is C19H20F2N4O. The summed E-state index contributed by atoms with van der Waals surface area (Å²) in [5.74, 6) is -0.704. The van der Waals surface area contributed by atoms with Gasteiger partial charge >= 0.3 is 0 Å². The maximum atomic E-state index is 14.5. The summed E-state index contributed by atoms with van der Waals surface area (Å²) in [4.78, 5) is 14.3. The third-order valence-corrected chi connectivity index (χ3v) is 4.93. The molecule has 2 aromatic rings. The predicted octanol–water partition coefficient (Wildman–Crippen LogP) is 2.37. The minimum Gasteiger partial charge on any atom is -0.374 e. The number of benzene rings is 2. The molecule has 7 heteroatoms. The third kappa shape index (κ3) is 3.27. The van der Waals surface area contributed by atoms with E-state index in [-0.39, 0.29) is 23.5 Å². The van der Waals surface area contributed by atoms with Crippen molar-refractivity contribution in [3.05, 3.63) is 59.7 Å². The minimum absolute atomic E-state index is 0.0840. The van der Waals surface area contributed by atoms with E-state index in [0.29, 0.717) is 43.0 Å². The van der Waals surface area contributed by atoms with Crippen LogP contribution in [0.1, 0.15) is 17.9 Å². The standard InChI is InChI=1S/C19H20F2N4O/c20-13-2-1-3-14(8-13)24-18-6-7-25(19(18)26)15-4-5-16(17(21)9-15)12-10-22-23-11-12/h1-5,8-9,12,18,22-24H,6-7,10-11H2. The zero-order valence-electron chi connectivity index (χ0n) is 14.1. The van der Waals surface area contributed by atoms with Gasteiger partial charge in [-0.15, -0.1) is 0 Å².